The molecule has 0 fully saturated rings. The van der Waals surface area contributed by atoms with Gasteiger partial charge in [-0.1, -0.05) is 6.92 Å². The summed E-state index contributed by atoms with van der Waals surface area (Å²) in [5, 5.41) is 9.36. The molecule has 1 amide bonds. The summed E-state index contributed by atoms with van der Waals surface area (Å²) in [5.74, 6) is 0.524. The Labute approximate surface area is 94.5 Å². The van der Waals surface area contributed by atoms with Crippen molar-refractivity contribution in [1.82, 2.24) is 10.2 Å². The third kappa shape index (κ3) is 3.32. The summed E-state index contributed by atoms with van der Waals surface area (Å²) in [6.45, 7) is 2.33. The molecule has 1 unspecified atom stereocenters. The Morgan fingerprint density at radius 1 is 1.75 bits per heavy atom. The van der Waals surface area contributed by atoms with E-state index in [-0.39, 0.29) is 18.4 Å². The van der Waals surface area contributed by atoms with E-state index in [2.05, 4.69) is 15.5 Å². The van der Waals surface area contributed by atoms with Crippen LogP contribution in [0.4, 0.5) is 5.82 Å². The number of hydrogen-bond donors (Lipinski definition) is 3. The van der Waals surface area contributed by atoms with Crippen molar-refractivity contribution >= 4 is 11.7 Å². The Morgan fingerprint density at radius 2 is 2.50 bits per heavy atom. The van der Waals surface area contributed by atoms with Gasteiger partial charge in [0, 0.05) is 19.2 Å². The molecule has 1 aromatic rings. The second kappa shape index (κ2) is 6.24. The Bertz CT molecular complexity index is 333. The summed E-state index contributed by atoms with van der Waals surface area (Å²) >= 11 is 0. The quantitative estimate of drug-likeness (QED) is 0.649. The normalized spacial score (nSPS) is 12.4. The van der Waals surface area contributed by atoms with Crippen LogP contribution in [-0.4, -0.2) is 35.9 Å². The molecule has 4 N–H and O–H groups in total. The van der Waals surface area contributed by atoms with Crippen molar-refractivity contribution in [3.63, 3.8) is 0 Å². The third-order valence-electron chi connectivity index (χ3n) is 2.37. The summed E-state index contributed by atoms with van der Waals surface area (Å²) in [4.78, 5) is 11.6. The SMILES string of the molecule is CCc1cn[nH]c1NC(=O)CC(CN)OC. The Hall–Kier alpha value is -1.40. The fourth-order valence-corrected chi connectivity index (χ4v) is 1.35. The smallest absolute Gasteiger partial charge is 0.228 e. The van der Waals surface area contributed by atoms with Crippen LogP contribution in [0.2, 0.25) is 0 Å². The van der Waals surface area contributed by atoms with E-state index in [0.717, 1.165) is 12.0 Å². The number of hydrogen-bond acceptors (Lipinski definition) is 4. The van der Waals surface area contributed by atoms with Crippen molar-refractivity contribution in [2.45, 2.75) is 25.9 Å². The molecule has 0 spiro atoms. The fraction of sp³-hybridized carbons (Fsp3) is 0.600. The molecule has 0 saturated heterocycles. The van der Waals surface area contributed by atoms with Gasteiger partial charge in [-0.3, -0.25) is 9.89 Å². The molecule has 1 atom stereocenters. The Morgan fingerprint density at radius 3 is 3.06 bits per heavy atom. The number of nitrogens with two attached hydrogens (primary N) is 1. The number of carbonyl (C=O) groups excluding carboxylic acids is 1. The summed E-state index contributed by atoms with van der Waals surface area (Å²) in [7, 11) is 1.54. The highest BCUT2D eigenvalue weighted by atomic mass is 16.5. The van der Waals surface area contributed by atoms with Gasteiger partial charge in [0.1, 0.15) is 5.82 Å². The van der Waals surface area contributed by atoms with Gasteiger partial charge in [-0.15, -0.1) is 0 Å². The van der Waals surface area contributed by atoms with Crippen LogP contribution in [0.5, 0.6) is 0 Å². The number of amides is 1. The lowest BCUT2D eigenvalue weighted by molar-refractivity contribution is -0.118. The lowest BCUT2D eigenvalue weighted by atomic mass is 10.2. The van der Waals surface area contributed by atoms with Gasteiger partial charge >= 0.3 is 0 Å². The van der Waals surface area contributed by atoms with Gasteiger partial charge in [0.15, 0.2) is 0 Å². The molecule has 16 heavy (non-hydrogen) atoms. The molecule has 1 heterocycles. The maximum atomic E-state index is 11.6. The Balaban J connectivity index is 2.51. The van der Waals surface area contributed by atoms with Gasteiger partial charge in [-0.2, -0.15) is 5.10 Å². The number of carbonyl (C=O) groups is 1. The summed E-state index contributed by atoms with van der Waals surface area (Å²) in [6, 6.07) is 0. The Kier molecular flexibility index (Phi) is 4.94. The van der Waals surface area contributed by atoms with Crippen LogP contribution in [0, 0.1) is 0 Å². The molecule has 0 saturated carbocycles. The molecule has 1 rings (SSSR count). The average Bonchev–Trinajstić information content (AvgIpc) is 2.73. The zero-order valence-corrected chi connectivity index (χ0v) is 9.62. The zero-order valence-electron chi connectivity index (χ0n) is 9.62. The molecule has 1 aromatic heterocycles. The van der Waals surface area contributed by atoms with Crippen molar-refractivity contribution in [2.24, 2.45) is 5.73 Å². The molecule has 6 heteroatoms. The van der Waals surface area contributed by atoms with E-state index in [1.54, 1.807) is 13.3 Å². The number of nitrogens with one attached hydrogen (secondary N) is 2. The van der Waals surface area contributed by atoms with Crippen LogP contribution in [-0.2, 0) is 16.0 Å². The first kappa shape index (κ1) is 12.7. The number of ether oxygens (including phenoxy) is 1. The number of aryl methyl sites for hydroxylation is 1. The predicted octanol–water partition coefficient (Wildman–Crippen LogP) is 0.274. The standard InChI is InChI=1S/C10H18N4O2/c1-3-7-6-12-14-10(7)13-9(15)4-8(5-11)16-2/h6,8H,3-5,11H2,1-2H3,(H2,12,13,14,15). The third-order valence-corrected chi connectivity index (χ3v) is 2.37. The molecule has 6 nitrogen and oxygen atoms in total. The largest absolute Gasteiger partial charge is 0.380 e. The average molecular weight is 226 g/mol. The molecular weight excluding hydrogens is 208 g/mol. The van der Waals surface area contributed by atoms with Gasteiger partial charge in [-0.05, 0) is 6.42 Å². The summed E-state index contributed by atoms with van der Waals surface area (Å²) < 4.78 is 5.03. The fourth-order valence-electron chi connectivity index (χ4n) is 1.35. The molecule has 0 radical (unpaired) electrons. The minimum absolute atomic E-state index is 0.128. The highest BCUT2D eigenvalue weighted by molar-refractivity contribution is 5.90. The van der Waals surface area contributed by atoms with E-state index < -0.39 is 0 Å². The van der Waals surface area contributed by atoms with E-state index in [4.69, 9.17) is 10.5 Å². The first-order valence-corrected chi connectivity index (χ1v) is 5.26. The number of nitrogens with zero attached hydrogens (tertiary/aromatic N) is 1. The summed E-state index contributed by atoms with van der Waals surface area (Å²) in [5.41, 5.74) is 6.42. The molecule has 0 aromatic carbocycles. The van der Waals surface area contributed by atoms with Crippen molar-refractivity contribution in [3.8, 4) is 0 Å². The topological polar surface area (TPSA) is 93.0 Å². The van der Waals surface area contributed by atoms with Crippen LogP contribution in [0.15, 0.2) is 6.20 Å². The lowest BCUT2D eigenvalue weighted by Gasteiger charge is -2.12. The highest BCUT2D eigenvalue weighted by Crippen LogP contribution is 2.11. The van der Waals surface area contributed by atoms with E-state index in [1.807, 2.05) is 6.92 Å². The van der Waals surface area contributed by atoms with E-state index in [0.29, 0.717) is 12.4 Å². The molecule has 0 aliphatic heterocycles. The van der Waals surface area contributed by atoms with Crippen molar-refractivity contribution < 1.29 is 9.53 Å². The van der Waals surface area contributed by atoms with Gasteiger partial charge in [-0.25, -0.2) is 0 Å². The van der Waals surface area contributed by atoms with Crippen LogP contribution >= 0.6 is 0 Å². The predicted molar refractivity (Wildman–Crippen MR) is 61.1 cm³/mol. The minimum Gasteiger partial charge on any atom is -0.380 e. The van der Waals surface area contributed by atoms with Gasteiger partial charge in [0.2, 0.25) is 5.91 Å². The molecular formula is C10H18N4O2. The zero-order chi connectivity index (χ0) is 12.0. The van der Waals surface area contributed by atoms with Gasteiger partial charge in [0.05, 0.1) is 18.7 Å². The van der Waals surface area contributed by atoms with Gasteiger partial charge < -0.3 is 15.8 Å². The second-order valence-corrected chi connectivity index (χ2v) is 3.47. The second-order valence-electron chi connectivity index (χ2n) is 3.47. The highest BCUT2D eigenvalue weighted by Gasteiger charge is 2.13. The maximum Gasteiger partial charge on any atom is 0.228 e. The van der Waals surface area contributed by atoms with E-state index >= 15 is 0 Å². The number of aromatic nitrogens is 2. The first-order valence-electron chi connectivity index (χ1n) is 5.26. The first-order chi connectivity index (χ1) is 7.71. The van der Waals surface area contributed by atoms with Crippen molar-refractivity contribution in [2.75, 3.05) is 19.0 Å². The molecule has 90 valence electrons. The monoisotopic (exact) mass is 226 g/mol. The van der Waals surface area contributed by atoms with Crippen LogP contribution in [0.3, 0.4) is 0 Å². The maximum absolute atomic E-state index is 11.6. The van der Waals surface area contributed by atoms with Crippen molar-refractivity contribution in [1.29, 1.82) is 0 Å². The minimum atomic E-state index is -0.243. The summed E-state index contributed by atoms with van der Waals surface area (Å²) in [6.07, 6.45) is 2.52. The van der Waals surface area contributed by atoms with Gasteiger partial charge in [0.25, 0.3) is 0 Å². The van der Waals surface area contributed by atoms with Crippen LogP contribution in [0.25, 0.3) is 0 Å². The lowest BCUT2D eigenvalue weighted by Crippen LogP contribution is -2.28. The van der Waals surface area contributed by atoms with Crippen LogP contribution < -0.4 is 11.1 Å². The van der Waals surface area contributed by atoms with Crippen molar-refractivity contribution in [3.05, 3.63) is 11.8 Å². The number of rotatable bonds is 6. The van der Waals surface area contributed by atoms with E-state index in [1.165, 1.54) is 0 Å². The molecule has 0 bridgehead atoms. The number of aromatic amines is 1. The molecule has 0 aliphatic rings. The molecule has 0 aliphatic carbocycles. The number of methoxy groups -OCH3 is 1. The van der Waals surface area contributed by atoms with E-state index in [9.17, 15) is 4.79 Å². The van der Waals surface area contributed by atoms with Crippen LogP contribution in [0.1, 0.15) is 18.9 Å². The number of H-pyrrole nitrogens is 1. The number of anilines is 1.